The molecule has 0 aliphatic carbocycles. The van der Waals surface area contributed by atoms with Gasteiger partial charge in [-0.25, -0.2) is 9.97 Å². The van der Waals surface area contributed by atoms with Crippen molar-refractivity contribution in [2.75, 3.05) is 29.7 Å². The normalized spacial score (nSPS) is 15.4. The van der Waals surface area contributed by atoms with Crippen molar-refractivity contribution in [1.29, 1.82) is 0 Å². The van der Waals surface area contributed by atoms with Crippen LogP contribution in [0.25, 0.3) is 10.2 Å². The molecule has 33 heavy (non-hydrogen) atoms. The fraction of sp³-hybridized carbons (Fsp3) is 0.350. The number of rotatable bonds is 8. The molecule has 0 spiro atoms. The molecule has 1 amide bonds. The average molecular weight is 491 g/mol. The van der Waals surface area contributed by atoms with Crippen LogP contribution in [-0.2, 0) is 19.6 Å². The van der Waals surface area contributed by atoms with E-state index in [1.54, 1.807) is 18.2 Å². The molecule has 3 N–H and O–H groups in total. The summed E-state index contributed by atoms with van der Waals surface area (Å²) >= 11 is 1.26. The van der Waals surface area contributed by atoms with Crippen LogP contribution in [0.3, 0.4) is 0 Å². The number of aliphatic carboxylic acids is 1. The number of hydrogen-bond donors (Lipinski definition) is 3. The third-order valence-corrected chi connectivity index (χ3v) is 7.49. The van der Waals surface area contributed by atoms with Gasteiger partial charge in [0.25, 0.3) is 10.0 Å². The minimum absolute atomic E-state index is 0.0967. The number of sulfonamides is 1. The maximum absolute atomic E-state index is 12.7. The topological polar surface area (TPSA) is 154 Å². The van der Waals surface area contributed by atoms with Crippen molar-refractivity contribution >= 4 is 54.3 Å². The summed E-state index contributed by atoms with van der Waals surface area (Å²) in [7, 11) is -3.87. The highest BCUT2D eigenvalue weighted by molar-refractivity contribution is 7.92. The van der Waals surface area contributed by atoms with Crippen molar-refractivity contribution in [3.8, 4) is 0 Å². The number of benzene rings is 1. The second-order valence-electron chi connectivity index (χ2n) is 7.60. The lowest BCUT2D eigenvalue weighted by Gasteiger charge is -2.30. The number of thiazole rings is 1. The highest BCUT2D eigenvalue weighted by atomic mass is 32.2. The standard InChI is InChI=1S/C20H22N6O5S2/c27-18(28)5-10-26-8-3-13(4-9-26)19(29)24-20-23-15-2-1-14(11-16(15)32-20)25-33(30,31)17-12-21-6-7-22-17/h1-2,6-7,11-13,25H,3-5,8-10H2,(H,27,28)(H,23,24,29). The van der Waals surface area contributed by atoms with E-state index in [0.29, 0.717) is 53.5 Å². The van der Waals surface area contributed by atoms with Crippen LogP contribution in [0.5, 0.6) is 0 Å². The van der Waals surface area contributed by atoms with E-state index in [1.807, 2.05) is 0 Å². The van der Waals surface area contributed by atoms with Gasteiger partial charge in [0.2, 0.25) is 5.91 Å². The number of amides is 1. The number of carbonyl (C=O) groups excluding carboxylic acids is 1. The van der Waals surface area contributed by atoms with E-state index in [4.69, 9.17) is 5.11 Å². The molecule has 174 valence electrons. The largest absolute Gasteiger partial charge is 0.481 e. The summed E-state index contributed by atoms with van der Waals surface area (Å²) in [5.74, 6) is -1.10. The van der Waals surface area contributed by atoms with Crippen molar-refractivity contribution in [2.45, 2.75) is 24.3 Å². The van der Waals surface area contributed by atoms with Gasteiger partial charge in [0.1, 0.15) is 0 Å². The fourth-order valence-corrected chi connectivity index (χ4v) is 5.40. The average Bonchev–Trinajstić information content (AvgIpc) is 3.19. The number of carboxylic acids is 1. The molecule has 1 aromatic carbocycles. The third kappa shape index (κ3) is 5.80. The first kappa shape index (κ1) is 23.0. The van der Waals surface area contributed by atoms with Crippen molar-refractivity contribution in [1.82, 2.24) is 19.9 Å². The molecule has 3 heterocycles. The van der Waals surface area contributed by atoms with Crippen molar-refractivity contribution in [3.05, 3.63) is 36.8 Å². The van der Waals surface area contributed by atoms with Crippen molar-refractivity contribution in [2.24, 2.45) is 5.92 Å². The van der Waals surface area contributed by atoms with Crippen LogP contribution < -0.4 is 10.0 Å². The first-order valence-corrected chi connectivity index (χ1v) is 12.5. The number of carbonyl (C=O) groups is 2. The van der Waals surface area contributed by atoms with Crippen LogP contribution in [0.1, 0.15) is 19.3 Å². The lowest BCUT2D eigenvalue weighted by Crippen LogP contribution is -2.39. The van der Waals surface area contributed by atoms with Crippen molar-refractivity contribution in [3.63, 3.8) is 0 Å². The van der Waals surface area contributed by atoms with Gasteiger partial charge < -0.3 is 15.3 Å². The first-order chi connectivity index (χ1) is 15.8. The van der Waals surface area contributed by atoms with Gasteiger partial charge in [-0.3, -0.25) is 19.3 Å². The molecular formula is C20H22N6O5S2. The van der Waals surface area contributed by atoms with E-state index in [1.165, 1.54) is 23.7 Å². The van der Waals surface area contributed by atoms with E-state index in [2.05, 4.69) is 29.9 Å². The summed E-state index contributed by atoms with van der Waals surface area (Å²) in [6.45, 7) is 1.85. The van der Waals surface area contributed by atoms with Gasteiger partial charge >= 0.3 is 5.97 Å². The molecule has 3 aromatic rings. The number of hydrogen-bond acceptors (Lipinski definition) is 9. The maximum atomic E-state index is 12.7. The Bertz CT molecular complexity index is 1260. The molecule has 11 nitrogen and oxygen atoms in total. The van der Waals surface area contributed by atoms with Gasteiger partial charge in [-0.15, -0.1) is 0 Å². The van der Waals surface area contributed by atoms with Gasteiger partial charge in [0.05, 0.1) is 28.5 Å². The SMILES string of the molecule is O=C(O)CCN1CCC(C(=O)Nc2nc3ccc(NS(=O)(=O)c4cnccn4)cc3s2)CC1. The van der Waals surface area contributed by atoms with Crippen LogP contribution in [0.2, 0.25) is 0 Å². The van der Waals surface area contributed by atoms with Gasteiger partial charge in [-0.05, 0) is 44.1 Å². The lowest BCUT2D eigenvalue weighted by atomic mass is 9.96. The molecular weight excluding hydrogens is 468 g/mol. The number of nitrogens with one attached hydrogen (secondary N) is 2. The molecule has 1 fully saturated rings. The lowest BCUT2D eigenvalue weighted by molar-refractivity contribution is -0.137. The maximum Gasteiger partial charge on any atom is 0.304 e. The Balaban J connectivity index is 1.38. The highest BCUT2D eigenvalue weighted by Gasteiger charge is 2.26. The van der Waals surface area contributed by atoms with Gasteiger partial charge in [-0.1, -0.05) is 11.3 Å². The molecule has 13 heteroatoms. The zero-order valence-electron chi connectivity index (χ0n) is 17.5. The fourth-order valence-electron chi connectivity index (χ4n) is 3.55. The Hall–Kier alpha value is -3.16. The Morgan fingerprint density at radius 2 is 2.00 bits per heavy atom. The minimum Gasteiger partial charge on any atom is -0.481 e. The summed E-state index contributed by atoms with van der Waals surface area (Å²) in [5.41, 5.74) is 0.990. The van der Waals surface area contributed by atoms with Gasteiger partial charge in [0.15, 0.2) is 10.2 Å². The molecule has 0 bridgehead atoms. The number of likely N-dealkylation sites (tertiary alicyclic amines) is 1. The molecule has 1 saturated heterocycles. The zero-order valence-corrected chi connectivity index (χ0v) is 19.1. The van der Waals surface area contributed by atoms with E-state index in [9.17, 15) is 18.0 Å². The Labute approximate surface area is 193 Å². The molecule has 0 saturated carbocycles. The van der Waals surface area contributed by atoms with Crippen LogP contribution in [0.15, 0.2) is 41.8 Å². The molecule has 0 atom stereocenters. The summed E-state index contributed by atoms with van der Waals surface area (Å²) in [6, 6.07) is 4.92. The number of piperidine rings is 1. The number of nitrogens with zero attached hydrogens (tertiary/aromatic N) is 4. The van der Waals surface area contributed by atoms with Crippen LogP contribution in [-0.4, -0.2) is 64.9 Å². The minimum atomic E-state index is -3.87. The smallest absolute Gasteiger partial charge is 0.304 e. The Morgan fingerprint density at radius 1 is 1.21 bits per heavy atom. The van der Waals surface area contributed by atoms with Gasteiger partial charge in [0, 0.05) is 24.9 Å². The van der Waals surface area contributed by atoms with E-state index >= 15 is 0 Å². The van der Waals surface area contributed by atoms with Crippen molar-refractivity contribution < 1.29 is 23.1 Å². The predicted molar refractivity (Wildman–Crippen MR) is 123 cm³/mol. The number of fused-ring (bicyclic) bond motifs is 1. The first-order valence-electron chi connectivity index (χ1n) is 10.2. The second-order valence-corrected chi connectivity index (χ2v) is 10.3. The second kappa shape index (κ2) is 9.77. The summed E-state index contributed by atoms with van der Waals surface area (Å²) in [6.07, 6.45) is 5.27. The molecule has 0 unspecified atom stereocenters. The zero-order chi connectivity index (χ0) is 23.4. The van der Waals surface area contributed by atoms with Crippen LogP contribution in [0.4, 0.5) is 10.8 Å². The number of carboxylic acid groups (broad SMARTS) is 1. The van der Waals surface area contributed by atoms with Crippen LogP contribution in [0, 0.1) is 5.92 Å². The van der Waals surface area contributed by atoms with E-state index in [0.717, 1.165) is 6.20 Å². The third-order valence-electron chi connectivity index (χ3n) is 5.29. The highest BCUT2D eigenvalue weighted by Crippen LogP contribution is 2.30. The molecule has 0 radical (unpaired) electrons. The summed E-state index contributed by atoms with van der Waals surface area (Å²) < 4.78 is 28.1. The summed E-state index contributed by atoms with van der Waals surface area (Å²) in [5, 5.41) is 11.9. The number of aromatic nitrogens is 3. The Morgan fingerprint density at radius 3 is 2.70 bits per heavy atom. The molecule has 1 aliphatic heterocycles. The van der Waals surface area contributed by atoms with E-state index in [-0.39, 0.29) is 23.3 Å². The molecule has 1 aliphatic rings. The Kier molecular flexibility index (Phi) is 6.81. The van der Waals surface area contributed by atoms with Gasteiger partial charge in [-0.2, -0.15) is 8.42 Å². The monoisotopic (exact) mass is 490 g/mol. The molecule has 2 aromatic heterocycles. The van der Waals surface area contributed by atoms with Crippen LogP contribution >= 0.6 is 11.3 Å². The number of anilines is 2. The quantitative estimate of drug-likeness (QED) is 0.430. The van der Waals surface area contributed by atoms with E-state index < -0.39 is 16.0 Å². The molecule has 4 rings (SSSR count). The predicted octanol–water partition coefficient (Wildman–Crippen LogP) is 2.01. The summed E-state index contributed by atoms with van der Waals surface area (Å²) in [4.78, 5) is 37.4.